The highest BCUT2D eigenvalue weighted by atomic mass is 32.1. The molecule has 0 fully saturated rings. The molecular formula is C24H23N3O2S. The normalized spacial score (nSPS) is 10.9. The summed E-state index contributed by atoms with van der Waals surface area (Å²) in [6, 6.07) is 15.7. The molecular weight excluding hydrogens is 394 g/mol. The van der Waals surface area contributed by atoms with Gasteiger partial charge in [-0.2, -0.15) is 0 Å². The zero-order valence-electron chi connectivity index (χ0n) is 17.3. The fraction of sp³-hybridized carbons (Fsp3) is 0.208. The van der Waals surface area contributed by atoms with Crippen LogP contribution in [0.25, 0.3) is 10.2 Å². The molecule has 0 bridgehead atoms. The van der Waals surface area contributed by atoms with Gasteiger partial charge in [-0.3, -0.25) is 14.7 Å². The highest BCUT2D eigenvalue weighted by Crippen LogP contribution is 2.31. The number of hydrogen-bond acceptors (Lipinski definition) is 5. The first kappa shape index (κ1) is 20.0. The Bertz CT molecular complexity index is 1130. The predicted molar refractivity (Wildman–Crippen MR) is 121 cm³/mol. The van der Waals surface area contributed by atoms with Crippen LogP contribution in [-0.2, 0) is 11.3 Å². The molecule has 5 nitrogen and oxygen atoms in total. The number of anilines is 1. The Morgan fingerprint density at radius 1 is 1.07 bits per heavy atom. The minimum Gasteiger partial charge on any atom is -0.484 e. The molecule has 2 aromatic carbocycles. The van der Waals surface area contributed by atoms with Gasteiger partial charge in [0.05, 0.1) is 16.8 Å². The number of amides is 1. The minimum absolute atomic E-state index is 0.0582. The number of nitrogens with zero attached hydrogens (tertiary/aromatic N) is 3. The number of hydrogen-bond donors (Lipinski definition) is 0. The van der Waals surface area contributed by atoms with Crippen molar-refractivity contribution < 1.29 is 9.53 Å². The Kier molecular flexibility index (Phi) is 5.77. The van der Waals surface area contributed by atoms with Gasteiger partial charge in [0.2, 0.25) is 0 Å². The van der Waals surface area contributed by atoms with Crippen LogP contribution in [0.5, 0.6) is 5.75 Å². The first-order valence-electron chi connectivity index (χ1n) is 9.76. The SMILES string of the molecule is Cc1ccc(OCC(=O)N(Cc2cccnc2)c2nc3cc(C)c(C)cc3s2)cc1. The molecule has 0 saturated heterocycles. The highest BCUT2D eigenvalue weighted by Gasteiger charge is 2.21. The van der Waals surface area contributed by atoms with Crippen molar-refractivity contribution in [1.82, 2.24) is 9.97 Å². The van der Waals surface area contributed by atoms with Crippen molar-refractivity contribution in [1.29, 1.82) is 0 Å². The number of aryl methyl sites for hydroxylation is 3. The lowest BCUT2D eigenvalue weighted by molar-refractivity contribution is -0.120. The molecule has 152 valence electrons. The largest absolute Gasteiger partial charge is 0.484 e. The van der Waals surface area contributed by atoms with Gasteiger partial charge in [0.1, 0.15) is 5.75 Å². The predicted octanol–water partition coefficient (Wildman–Crippen LogP) is 5.23. The maximum Gasteiger partial charge on any atom is 0.267 e. The quantitative estimate of drug-likeness (QED) is 0.431. The number of rotatable bonds is 6. The fourth-order valence-corrected chi connectivity index (χ4v) is 4.14. The summed E-state index contributed by atoms with van der Waals surface area (Å²) in [6.07, 6.45) is 3.49. The summed E-state index contributed by atoms with van der Waals surface area (Å²) in [4.78, 5) is 23.7. The van der Waals surface area contributed by atoms with Crippen LogP contribution in [0, 0.1) is 20.8 Å². The van der Waals surface area contributed by atoms with E-state index in [1.165, 1.54) is 22.5 Å². The Labute approximate surface area is 180 Å². The molecule has 0 aliphatic rings. The van der Waals surface area contributed by atoms with Crippen molar-refractivity contribution in [2.24, 2.45) is 0 Å². The van der Waals surface area contributed by atoms with E-state index in [2.05, 4.69) is 31.0 Å². The highest BCUT2D eigenvalue weighted by molar-refractivity contribution is 7.22. The zero-order chi connectivity index (χ0) is 21.1. The number of benzene rings is 2. The topological polar surface area (TPSA) is 55.3 Å². The van der Waals surface area contributed by atoms with Gasteiger partial charge < -0.3 is 4.74 Å². The lowest BCUT2D eigenvalue weighted by atomic mass is 10.1. The summed E-state index contributed by atoms with van der Waals surface area (Å²) in [5.74, 6) is 0.526. The van der Waals surface area contributed by atoms with Gasteiger partial charge >= 0.3 is 0 Å². The molecule has 30 heavy (non-hydrogen) atoms. The molecule has 4 rings (SSSR count). The molecule has 6 heteroatoms. The maximum atomic E-state index is 13.1. The molecule has 0 aliphatic heterocycles. The average molecular weight is 418 g/mol. The summed E-state index contributed by atoms with van der Waals surface area (Å²) < 4.78 is 6.81. The van der Waals surface area contributed by atoms with E-state index in [4.69, 9.17) is 9.72 Å². The Hall–Kier alpha value is -3.25. The molecule has 0 radical (unpaired) electrons. The van der Waals surface area contributed by atoms with Crippen LogP contribution in [0.4, 0.5) is 5.13 Å². The van der Waals surface area contributed by atoms with Gasteiger partial charge in [0, 0.05) is 12.4 Å². The number of ether oxygens (including phenoxy) is 1. The molecule has 0 aliphatic carbocycles. The first-order valence-corrected chi connectivity index (χ1v) is 10.6. The molecule has 2 aromatic heterocycles. The third kappa shape index (κ3) is 4.49. The number of fused-ring (bicyclic) bond motifs is 1. The summed E-state index contributed by atoms with van der Waals surface area (Å²) in [6.45, 7) is 6.50. The Morgan fingerprint density at radius 3 is 2.57 bits per heavy atom. The zero-order valence-corrected chi connectivity index (χ0v) is 18.1. The van der Waals surface area contributed by atoms with E-state index < -0.39 is 0 Å². The molecule has 2 heterocycles. The average Bonchev–Trinajstić information content (AvgIpc) is 3.14. The van der Waals surface area contributed by atoms with Gasteiger partial charge in [0.15, 0.2) is 11.7 Å². The second-order valence-corrected chi connectivity index (χ2v) is 8.35. The lowest BCUT2D eigenvalue weighted by Crippen LogP contribution is -2.34. The molecule has 1 amide bonds. The number of carbonyl (C=O) groups excluding carboxylic acids is 1. The smallest absolute Gasteiger partial charge is 0.267 e. The van der Waals surface area contributed by atoms with Crippen LogP contribution in [0.2, 0.25) is 0 Å². The van der Waals surface area contributed by atoms with Crippen LogP contribution in [0.1, 0.15) is 22.3 Å². The van der Waals surface area contributed by atoms with Gasteiger partial charge in [-0.05, 0) is 67.8 Å². The Morgan fingerprint density at radius 2 is 1.83 bits per heavy atom. The molecule has 0 N–H and O–H groups in total. The third-order valence-electron chi connectivity index (χ3n) is 4.97. The van der Waals surface area contributed by atoms with Crippen molar-refractivity contribution in [3.63, 3.8) is 0 Å². The van der Waals surface area contributed by atoms with E-state index in [9.17, 15) is 4.79 Å². The van der Waals surface area contributed by atoms with Crippen molar-refractivity contribution in [3.05, 3.63) is 83.2 Å². The van der Waals surface area contributed by atoms with E-state index in [1.54, 1.807) is 17.3 Å². The molecule has 0 saturated carbocycles. The van der Waals surface area contributed by atoms with Gasteiger partial charge in [-0.25, -0.2) is 4.98 Å². The summed E-state index contributed by atoms with van der Waals surface area (Å²) >= 11 is 1.52. The Balaban J connectivity index is 1.62. The van der Waals surface area contributed by atoms with Gasteiger partial charge in [-0.15, -0.1) is 0 Å². The summed E-state index contributed by atoms with van der Waals surface area (Å²) in [5, 5.41) is 0.663. The summed E-state index contributed by atoms with van der Waals surface area (Å²) in [5.41, 5.74) is 5.39. The van der Waals surface area contributed by atoms with Crippen LogP contribution < -0.4 is 9.64 Å². The molecule has 0 atom stereocenters. The van der Waals surface area contributed by atoms with Crippen molar-refractivity contribution in [3.8, 4) is 5.75 Å². The number of carbonyl (C=O) groups is 1. The first-order chi connectivity index (χ1) is 14.5. The summed E-state index contributed by atoms with van der Waals surface area (Å²) in [7, 11) is 0. The lowest BCUT2D eigenvalue weighted by Gasteiger charge is -2.20. The fourth-order valence-electron chi connectivity index (χ4n) is 3.08. The molecule has 4 aromatic rings. The van der Waals surface area contributed by atoms with E-state index in [1.807, 2.05) is 43.3 Å². The van der Waals surface area contributed by atoms with Crippen LogP contribution in [0.3, 0.4) is 0 Å². The molecule has 0 unspecified atom stereocenters. The third-order valence-corrected chi connectivity index (χ3v) is 6.01. The van der Waals surface area contributed by atoms with E-state index in [0.717, 1.165) is 21.3 Å². The minimum atomic E-state index is -0.146. The standard InChI is InChI=1S/C24H23N3O2S/c1-16-6-8-20(9-7-16)29-15-23(28)27(14-19-5-4-10-25-13-19)24-26-21-11-17(2)18(3)12-22(21)30-24/h4-13H,14-15H2,1-3H3. The monoisotopic (exact) mass is 417 g/mol. The van der Waals surface area contributed by atoms with Gasteiger partial charge in [-0.1, -0.05) is 35.1 Å². The van der Waals surface area contributed by atoms with Crippen LogP contribution >= 0.6 is 11.3 Å². The maximum absolute atomic E-state index is 13.1. The van der Waals surface area contributed by atoms with E-state index in [0.29, 0.717) is 17.4 Å². The second kappa shape index (κ2) is 8.63. The van der Waals surface area contributed by atoms with Crippen molar-refractivity contribution >= 4 is 32.6 Å². The number of aromatic nitrogens is 2. The van der Waals surface area contributed by atoms with Crippen LogP contribution in [0.15, 0.2) is 60.9 Å². The number of pyridine rings is 1. The van der Waals surface area contributed by atoms with Gasteiger partial charge in [0.25, 0.3) is 5.91 Å². The second-order valence-electron chi connectivity index (χ2n) is 7.34. The van der Waals surface area contributed by atoms with E-state index >= 15 is 0 Å². The van der Waals surface area contributed by atoms with E-state index in [-0.39, 0.29) is 12.5 Å². The van der Waals surface area contributed by atoms with Crippen molar-refractivity contribution in [2.45, 2.75) is 27.3 Å². The molecule has 0 spiro atoms. The van der Waals surface area contributed by atoms with Crippen LogP contribution in [-0.4, -0.2) is 22.5 Å². The van der Waals surface area contributed by atoms with Crippen molar-refractivity contribution in [2.75, 3.05) is 11.5 Å². The number of thiazole rings is 1.